The van der Waals surface area contributed by atoms with Gasteiger partial charge in [0.15, 0.2) is 0 Å². The van der Waals surface area contributed by atoms with Crippen molar-refractivity contribution in [2.75, 3.05) is 13.1 Å². The highest BCUT2D eigenvalue weighted by Gasteiger charge is 2.30. The molecule has 2 aromatic rings. The van der Waals surface area contributed by atoms with Crippen molar-refractivity contribution in [1.82, 2.24) is 20.5 Å². The lowest BCUT2D eigenvalue weighted by molar-refractivity contribution is -0.131. The van der Waals surface area contributed by atoms with Crippen molar-refractivity contribution in [3.05, 3.63) is 65.7 Å². The van der Waals surface area contributed by atoms with Crippen molar-refractivity contribution in [1.29, 1.82) is 0 Å². The topological polar surface area (TPSA) is 91.4 Å². The molecular formula is C22H25FN4O3. The molecular weight excluding hydrogens is 387 g/mol. The Morgan fingerprint density at radius 2 is 1.93 bits per heavy atom. The van der Waals surface area contributed by atoms with Crippen LogP contribution in [0.5, 0.6) is 0 Å². The van der Waals surface area contributed by atoms with Crippen LogP contribution in [0.25, 0.3) is 0 Å². The van der Waals surface area contributed by atoms with Crippen molar-refractivity contribution < 1.29 is 18.8 Å². The molecule has 0 saturated carbocycles. The van der Waals surface area contributed by atoms with Crippen LogP contribution >= 0.6 is 0 Å². The number of carbonyl (C=O) groups is 3. The van der Waals surface area contributed by atoms with E-state index in [4.69, 9.17) is 0 Å². The van der Waals surface area contributed by atoms with Gasteiger partial charge >= 0.3 is 0 Å². The van der Waals surface area contributed by atoms with Crippen molar-refractivity contribution in [2.45, 2.75) is 32.4 Å². The Bertz CT molecular complexity index is 906. The summed E-state index contributed by atoms with van der Waals surface area (Å²) in [5.41, 5.74) is 0.847. The van der Waals surface area contributed by atoms with E-state index in [-0.39, 0.29) is 42.4 Å². The third-order valence-corrected chi connectivity index (χ3v) is 5.20. The summed E-state index contributed by atoms with van der Waals surface area (Å²) in [5, 5.41) is 5.70. The van der Waals surface area contributed by atoms with E-state index in [0.717, 1.165) is 5.56 Å². The number of hydrogen-bond acceptors (Lipinski definition) is 4. The monoisotopic (exact) mass is 412 g/mol. The lowest BCUT2D eigenvalue weighted by Gasteiger charge is -2.25. The van der Waals surface area contributed by atoms with Crippen LogP contribution in [0, 0.1) is 11.7 Å². The van der Waals surface area contributed by atoms with E-state index in [1.54, 1.807) is 29.4 Å². The van der Waals surface area contributed by atoms with Gasteiger partial charge in [0.25, 0.3) is 5.91 Å². The maximum Gasteiger partial charge on any atom is 0.254 e. The molecule has 30 heavy (non-hydrogen) atoms. The van der Waals surface area contributed by atoms with Crippen molar-refractivity contribution in [2.24, 2.45) is 5.92 Å². The van der Waals surface area contributed by atoms with Crippen LogP contribution < -0.4 is 10.6 Å². The zero-order valence-corrected chi connectivity index (χ0v) is 16.8. The molecule has 2 N–H and O–H groups in total. The average Bonchev–Trinajstić information content (AvgIpc) is 2.96. The molecule has 0 radical (unpaired) electrons. The Balaban J connectivity index is 1.63. The molecule has 0 bridgehead atoms. The Labute approximate surface area is 174 Å². The standard InChI is InChI=1S/C22H25FN4O3/c1-15(28)27-13-17(21(29)25-12-16-5-4-10-24-11-16)8-9-18(14-27)26-22(30)19-6-2-3-7-20(19)23/h2-7,10-11,17-18H,8-9,12-14H2,1H3,(H,25,29)(H,26,30)/t17-,18+/m1/s1. The number of nitrogens with one attached hydrogen (secondary N) is 2. The highest BCUT2D eigenvalue weighted by atomic mass is 19.1. The number of hydrogen-bond donors (Lipinski definition) is 2. The molecule has 7 nitrogen and oxygen atoms in total. The van der Waals surface area contributed by atoms with Crippen LogP contribution in [0.3, 0.4) is 0 Å². The number of likely N-dealkylation sites (tertiary alicyclic amines) is 1. The van der Waals surface area contributed by atoms with Crippen LogP contribution in [0.15, 0.2) is 48.8 Å². The van der Waals surface area contributed by atoms with Crippen molar-refractivity contribution >= 4 is 17.7 Å². The fraction of sp³-hybridized carbons (Fsp3) is 0.364. The summed E-state index contributed by atoms with van der Waals surface area (Å²) in [4.78, 5) is 42.8. The molecule has 1 aliphatic rings. The fourth-order valence-electron chi connectivity index (χ4n) is 3.53. The van der Waals surface area contributed by atoms with Crippen LogP contribution in [0.1, 0.15) is 35.7 Å². The predicted octanol–water partition coefficient (Wildman–Crippen LogP) is 1.89. The molecule has 0 spiro atoms. The zero-order valence-electron chi connectivity index (χ0n) is 16.8. The summed E-state index contributed by atoms with van der Waals surface area (Å²) in [7, 11) is 0. The summed E-state index contributed by atoms with van der Waals surface area (Å²) in [6.07, 6.45) is 4.36. The van der Waals surface area contributed by atoms with Gasteiger partial charge in [-0.3, -0.25) is 19.4 Å². The third kappa shape index (κ3) is 5.62. The van der Waals surface area contributed by atoms with Gasteiger partial charge in [-0.2, -0.15) is 0 Å². The minimum absolute atomic E-state index is 0.0399. The van der Waals surface area contributed by atoms with E-state index in [9.17, 15) is 18.8 Å². The summed E-state index contributed by atoms with van der Waals surface area (Å²) in [6, 6.07) is 9.06. The van der Waals surface area contributed by atoms with Crippen LogP contribution in [0.2, 0.25) is 0 Å². The molecule has 1 aromatic heterocycles. The molecule has 1 fully saturated rings. The highest BCUT2D eigenvalue weighted by molar-refractivity contribution is 5.94. The number of amides is 3. The first-order valence-corrected chi connectivity index (χ1v) is 9.91. The largest absolute Gasteiger partial charge is 0.352 e. The summed E-state index contributed by atoms with van der Waals surface area (Å²) in [5.74, 6) is -1.83. The minimum Gasteiger partial charge on any atom is -0.352 e. The lowest BCUT2D eigenvalue weighted by atomic mass is 10.0. The molecule has 2 heterocycles. The second-order valence-electron chi connectivity index (χ2n) is 7.43. The second kappa shape index (κ2) is 9.96. The third-order valence-electron chi connectivity index (χ3n) is 5.20. The molecule has 3 rings (SSSR count). The Morgan fingerprint density at radius 3 is 2.63 bits per heavy atom. The van der Waals surface area contributed by atoms with Gasteiger partial charge in [0.05, 0.1) is 11.5 Å². The van der Waals surface area contributed by atoms with Crippen LogP contribution in [0.4, 0.5) is 4.39 Å². The van der Waals surface area contributed by atoms with E-state index >= 15 is 0 Å². The minimum atomic E-state index is -0.597. The highest BCUT2D eigenvalue weighted by Crippen LogP contribution is 2.19. The Morgan fingerprint density at radius 1 is 1.13 bits per heavy atom. The number of carbonyl (C=O) groups excluding carboxylic acids is 3. The first-order valence-electron chi connectivity index (χ1n) is 9.91. The van der Waals surface area contributed by atoms with Crippen molar-refractivity contribution in [3.8, 4) is 0 Å². The smallest absolute Gasteiger partial charge is 0.254 e. The van der Waals surface area contributed by atoms with E-state index in [1.807, 2.05) is 6.07 Å². The average molecular weight is 412 g/mol. The van der Waals surface area contributed by atoms with Crippen LogP contribution in [-0.4, -0.2) is 46.7 Å². The Kier molecular flexibility index (Phi) is 7.11. The predicted molar refractivity (Wildman–Crippen MR) is 109 cm³/mol. The Hall–Kier alpha value is -3.29. The fourth-order valence-corrected chi connectivity index (χ4v) is 3.53. The first-order chi connectivity index (χ1) is 14.4. The molecule has 0 aliphatic carbocycles. The van der Waals surface area contributed by atoms with Gasteiger partial charge < -0.3 is 15.5 Å². The summed E-state index contributed by atoms with van der Waals surface area (Å²) >= 11 is 0. The molecule has 1 saturated heterocycles. The number of benzene rings is 1. The number of halogens is 1. The van der Waals surface area contributed by atoms with Crippen LogP contribution in [-0.2, 0) is 16.1 Å². The van der Waals surface area contributed by atoms with Gasteiger partial charge in [-0.05, 0) is 36.6 Å². The maximum absolute atomic E-state index is 13.9. The molecule has 158 valence electrons. The quantitative estimate of drug-likeness (QED) is 0.785. The van der Waals surface area contributed by atoms with E-state index in [0.29, 0.717) is 19.4 Å². The first kappa shape index (κ1) is 21.4. The van der Waals surface area contributed by atoms with E-state index < -0.39 is 11.7 Å². The molecule has 8 heteroatoms. The summed E-state index contributed by atoms with van der Waals surface area (Å²) < 4.78 is 13.9. The summed E-state index contributed by atoms with van der Waals surface area (Å²) in [6.45, 7) is 2.35. The van der Waals surface area contributed by atoms with Gasteiger partial charge in [-0.1, -0.05) is 18.2 Å². The lowest BCUT2D eigenvalue weighted by Crippen LogP contribution is -2.45. The number of pyridine rings is 1. The molecule has 3 amide bonds. The maximum atomic E-state index is 13.9. The van der Waals surface area contributed by atoms with Gasteiger partial charge in [0, 0.05) is 45.0 Å². The molecule has 1 aliphatic heterocycles. The number of rotatable bonds is 5. The van der Waals surface area contributed by atoms with E-state index in [2.05, 4.69) is 15.6 Å². The van der Waals surface area contributed by atoms with Gasteiger partial charge in [0.2, 0.25) is 11.8 Å². The number of aromatic nitrogens is 1. The van der Waals surface area contributed by atoms with Gasteiger partial charge in [-0.15, -0.1) is 0 Å². The second-order valence-corrected chi connectivity index (χ2v) is 7.43. The normalized spacial score (nSPS) is 18.9. The van der Waals surface area contributed by atoms with Gasteiger partial charge in [0.1, 0.15) is 5.82 Å². The van der Waals surface area contributed by atoms with Gasteiger partial charge in [-0.25, -0.2) is 4.39 Å². The van der Waals surface area contributed by atoms with E-state index in [1.165, 1.54) is 25.1 Å². The van der Waals surface area contributed by atoms with Crippen molar-refractivity contribution in [3.63, 3.8) is 0 Å². The number of nitrogens with zero attached hydrogens (tertiary/aromatic N) is 2. The SMILES string of the molecule is CC(=O)N1C[C@@H](NC(=O)c2ccccc2F)CC[C@@H](C(=O)NCc2cccnc2)C1. The zero-order chi connectivity index (χ0) is 21.5. The molecule has 1 aromatic carbocycles. The molecule has 2 atom stereocenters. The molecule has 0 unspecified atom stereocenters.